The molecule has 1 heterocycles. The molecule has 0 saturated carbocycles. The topological polar surface area (TPSA) is 3.24 Å². The minimum absolute atomic E-state index is 1.03. The van der Waals surface area contributed by atoms with E-state index < -0.39 is 0 Å². The Hall–Kier alpha value is -1.18. The number of hydrogen-bond acceptors (Lipinski definition) is 1. The van der Waals surface area contributed by atoms with Gasteiger partial charge in [-0.3, -0.25) is 0 Å². The maximum absolute atomic E-state index is 4.13. The van der Waals surface area contributed by atoms with Crippen LogP contribution in [0.3, 0.4) is 0 Å². The first kappa shape index (κ1) is 8.42. The monoisotopic (exact) mass is 171 g/mol. The molecule has 0 unspecified atom stereocenters. The molecule has 0 aliphatic carbocycles. The summed E-state index contributed by atoms with van der Waals surface area (Å²) in [4.78, 5) is 2.32. The zero-order valence-corrected chi connectivity index (χ0v) is 8.30. The Kier molecular flexibility index (Phi) is 1.91. The van der Waals surface area contributed by atoms with Crippen LogP contribution in [0.1, 0.15) is 16.7 Å². The second-order valence-corrected chi connectivity index (χ2v) is 3.57. The first-order valence-corrected chi connectivity index (χ1v) is 4.76. The lowest BCUT2D eigenvalue weighted by molar-refractivity contribution is 0.478. The third-order valence-corrected chi connectivity index (χ3v) is 2.77. The van der Waals surface area contributed by atoms with Crippen molar-refractivity contribution in [3.05, 3.63) is 41.5 Å². The number of nitrogens with zero attached hydrogens (tertiary/aromatic N) is 1. The molecule has 1 aromatic rings. The van der Waals surface area contributed by atoms with Crippen molar-refractivity contribution >= 4 is 13.5 Å². The second kappa shape index (κ2) is 2.95. The van der Waals surface area contributed by atoms with E-state index in [1.807, 2.05) is 0 Å². The first-order chi connectivity index (χ1) is 6.24. The zero-order chi connectivity index (χ0) is 9.42. The standard InChI is InChI=1S/C11H14BN/c1-8-4-3-5-10-6-13(7-12)9(2)11(8)10/h3-5H,2,6-7,12H2,1H3. The van der Waals surface area contributed by atoms with Gasteiger partial charge in [-0.25, -0.2) is 0 Å². The second-order valence-electron chi connectivity index (χ2n) is 3.57. The number of benzene rings is 1. The van der Waals surface area contributed by atoms with Crippen LogP contribution in [-0.2, 0) is 6.54 Å². The highest BCUT2D eigenvalue weighted by atomic mass is 15.1. The van der Waals surface area contributed by atoms with E-state index in [9.17, 15) is 0 Å². The predicted molar refractivity (Wildman–Crippen MR) is 59.2 cm³/mol. The lowest BCUT2D eigenvalue weighted by atomic mass is 10.0. The van der Waals surface area contributed by atoms with E-state index in [-0.39, 0.29) is 0 Å². The summed E-state index contributed by atoms with van der Waals surface area (Å²) in [5.41, 5.74) is 5.32. The summed E-state index contributed by atoms with van der Waals surface area (Å²) in [7, 11) is 2.17. The van der Waals surface area contributed by atoms with Crippen molar-refractivity contribution in [2.24, 2.45) is 0 Å². The molecule has 0 N–H and O–H groups in total. The fourth-order valence-electron chi connectivity index (χ4n) is 2.04. The van der Waals surface area contributed by atoms with Crippen molar-refractivity contribution in [3.63, 3.8) is 0 Å². The van der Waals surface area contributed by atoms with E-state index in [1.54, 1.807) is 0 Å². The largest absolute Gasteiger partial charge is 0.375 e. The van der Waals surface area contributed by atoms with Crippen LogP contribution in [0.4, 0.5) is 0 Å². The van der Waals surface area contributed by atoms with Gasteiger partial charge in [0.2, 0.25) is 0 Å². The molecule has 66 valence electrons. The molecule has 0 amide bonds. The molecule has 0 spiro atoms. The highest BCUT2D eigenvalue weighted by Gasteiger charge is 2.21. The van der Waals surface area contributed by atoms with Gasteiger partial charge >= 0.3 is 0 Å². The molecule has 0 bridgehead atoms. The van der Waals surface area contributed by atoms with Crippen LogP contribution in [0.25, 0.3) is 5.70 Å². The van der Waals surface area contributed by atoms with E-state index in [4.69, 9.17) is 0 Å². The molecule has 2 heteroatoms. The van der Waals surface area contributed by atoms with Gasteiger partial charge < -0.3 is 4.90 Å². The van der Waals surface area contributed by atoms with Crippen molar-refractivity contribution < 1.29 is 0 Å². The molecular weight excluding hydrogens is 157 g/mol. The summed E-state index contributed by atoms with van der Waals surface area (Å²) in [5, 5.41) is 0. The fourth-order valence-corrected chi connectivity index (χ4v) is 2.04. The Labute approximate surface area is 80.5 Å². The normalized spacial score (nSPS) is 14.8. The molecule has 0 aromatic heterocycles. The molecule has 2 rings (SSSR count). The summed E-state index contributed by atoms with van der Waals surface area (Å²) in [6, 6.07) is 6.48. The van der Waals surface area contributed by atoms with Crippen molar-refractivity contribution in [1.82, 2.24) is 4.90 Å². The van der Waals surface area contributed by atoms with Crippen LogP contribution >= 0.6 is 0 Å². The van der Waals surface area contributed by atoms with Crippen LogP contribution in [0.5, 0.6) is 0 Å². The van der Waals surface area contributed by atoms with Gasteiger partial charge in [0, 0.05) is 17.8 Å². The number of rotatable bonds is 1. The summed E-state index contributed by atoms with van der Waals surface area (Å²) in [5.74, 6) is 0. The molecule has 1 nitrogen and oxygen atoms in total. The van der Waals surface area contributed by atoms with Gasteiger partial charge in [0.25, 0.3) is 0 Å². The van der Waals surface area contributed by atoms with Crippen LogP contribution in [0, 0.1) is 6.92 Å². The number of hydrogen-bond donors (Lipinski definition) is 0. The summed E-state index contributed by atoms with van der Waals surface area (Å²) < 4.78 is 0. The van der Waals surface area contributed by atoms with Crippen LogP contribution in [0.2, 0.25) is 0 Å². The minimum atomic E-state index is 1.03. The van der Waals surface area contributed by atoms with Gasteiger partial charge in [-0.1, -0.05) is 24.8 Å². The highest BCUT2D eigenvalue weighted by Crippen LogP contribution is 2.32. The Morgan fingerprint density at radius 1 is 1.54 bits per heavy atom. The Morgan fingerprint density at radius 3 is 2.92 bits per heavy atom. The summed E-state index contributed by atoms with van der Waals surface area (Å²) in [6.45, 7) is 7.32. The maximum Gasteiger partial charge on any atom is 0.126 e. The van der Waals surface area contributed by atoms with E-state index in [0.717, 1.165) is 13.0 Å². The van der Waals surface area contributed by atoms with Gasteiger partial charge in [-0.2, -0.15) is 0 Å². The van der Waals surface area contributed by atoms with Gasteiger partial charge in [0.05, 0.1) is 0 Å². The lowest BCUT2D eigenvalue weighted by Crippen LogP contribution is -2.16. The fraction of sp³-hybridized carbons (Fsp3) is 0.273. The van der Waals surface area contributed by atoms with Crippen molar-refractivity contribution in [2.45, 2.75) is 13.5 Å². The van der Waals surface area contributed by atoms with Crippen LogP contribution in [-0.4, -0.2) is 19.2 Å². The van der Waals surface area contributed by atoms with Gasteiger partial charge in [-0.15, -0.1) is 0 Å². The average molecular weight is 171 g/mol. The van der Waals surface area contributed by atoms with Gasteiger partial charge in [0.1, 0.15) is 7.85 Å². The summed E-state index contributed by atoms with van der Waals surface area (Å²) in [6.07, 6.45) is 1.05. The maximum atomic E-state index is 4.13. The minimum Gasteiger partial charge on any atom is -0.375 e. The first-order valence-electron chi connectivity index (χ1n) is 4.76. The number of fused-ring (bicyclic) bond motifs is 1. The lowest BCUT2D eigenvalue weighted by Gasteiger charge is -2.16. The Balaban J connectivity index is 2.50. The number of aryl methyl sites for hydroxylation is 1. The highest BCUT2D eigenvalue weighted by molar-refractivity contribution is 6.09. The zero-order valence-electron chi connectivity index (χ0n) is 8.30. The summed E-state index contributed by atoms with van der Waals surface area (Å²) >= 11 is 0. The van der Waals surface area contributed by atoms with Crippen molar-refractivity contribution in [1.29, 1.82) is 0 Å². The van der Waals surface area contributed by atoms with Crippen molar-refractivity contribution in [2.75, 3.05) is 6.44 Å². The Bertz CT molecular complexity index is 357. The average Bonchev–Trinajstić information content (AvgIpc) is 2.44. The van der Waals surface area contributed by atoms with Crippen LogP contribution in [0.15, 0.2) is 24.8 Å². The molecule has 1 aliphatic rings. The molecule has 0 atom stereocenters. The third kappa shape index (κ3) is 1.17. The quantitative estimate of drug-likeness (QED) is 0.577. The molecule has 1 aliphatic heterocycles. The van der Waals surface area contributed by atoms with E-state index >= 15 is 0 Å². The van der Waals surface area contributed by atoms with Gasteiger partial charge in [0.15, 0.2) is 0 Å². The van der Waals surface area contributed by atoms with E-state index in [0.29, 0.717) is 0 Å². The molecular formula is C11H14BN. The predicted octanol–water partition coefficient (Wildman–Crippen LogP) is 1.37. The molecule has 1 aromatic carbocycles. The molecule has 0 radical (unpaired) electrons. The Morgan fingerprint density at radius 2 is 2.31 bits per heavy atom. The third-order valence-electron chi connectivity index (χ3n) is 2.77. The van der Waals surface area contributed by atoms with Crippen LogP contribution < -0.4 is 0 Å². The molecule has 0 fully saturated rings. The molecule has 0 saturated heterocycles. The van der Waals surface area contributed by atoms with Gasteiger partial charge in [-0.05, 0) is 24.5 Å². The molecule has 13 heavy (non-hydrogen) atoms. The van der Waals surface area contributed by atoms with E-state index in [1.165, 1.54) is 22.4 Å². The van der Waals surface area contributed by atoms with E-state index in [2.05, 4.69) is 44.4 Å². The SMILES string of the molecule is BCN1Cc2cccc(C)c2C1=C. The smallest absolute Gasteiger partial charge is 0.126 e. The van der Waals surface area contributed by atoms with Crippen molar-refractivity contribution in [3.8, 4) is 0 Å².